The van der Waals surface area contributed by atoms with Crippen molar-refractivity contribution in [3.63, 3.8) is 0 Å². The van der Waals surface area contributed by atoms with Crippen molar-refractivity contribution < 1.29 is 9.72 Å². The maximum Gasteiger partial charge on any atom is 0.273 e. The Labute approximate surface area is 209 Å². The number of carbonyl (C=O) groups is 1. The van der Waals surface area contributed by atoms with Crippen molar-refractivity contribution in [1.82, 2.24) is 15.2 Å². The number of amides is 1. The number of nitro groups is 1. The van der Waals surface area contributed by atoms with Gasteiger partial charge in [-0.25, -0.2) is 0 Å². The summed E-state index contributed by atoms with van der Waals surface area (Å²) in [6, 6.07) is 22.4. The van der Waals surface area contributed by atoms with Gasteiger partial charge in [0.2, 0.25) is 11.9 Å². The van der Waals surface area contributed by atoms with Gasteiger partial charge >= 0.3 is 0 Å². The molecule has 1 aromatic heterocycles. The number of carbonyl (C=O) groups excluding carboxylic acids is 1. The van der Waals surface area contributed by atoms with Gasteiger partial charge in [-0.15, -0.1) is 5.10 Å². The Morgan fingerprint density at radius 3 is 2.29 bits per heavy atom. The van der Waals surface area contributed by atoms with Gasteiger partial charge < -0.3 is 0 Å². The molecule has 0 radical (unpaired) electrons. The average Bonchev–Trinajstić information content (AvgIpc) is 3.32. The standard InChI is InChI=1S/C26H20BrN5O3/c1-25(23(33)29-24-28-22(30-31-24)17-10-4-7-13-20(17)27)14-26(32(34)35)18-11-5-2-8-15(18)21(25)16-9-3-6-12-19(16)26/h2-13,21H,14H2,1H3,(H2,28,29,30,31,33)/t21?,25-,26?/m0/s1. The third-order valence-electron chi connectivity index (χ3n) is 7.37. The number of halogens is 1. The first-order valence-corrected chi connectivity index (χ1v) is 12.0. The highest BCUT2D eigenvalue weighted by Crippen LogP contribution is 2.63. The van der Waals surface area contributed by atoms with Crippen LogP contribution in [0.1, 0.15) is 41.5 Å². The van der Waals surface area contributed by atoms with Crippen LogP contribution in [0, 0.1) is 15.5 Å². The lowest BCUT2D eigenvalue weighted by Crippen LogP contribution is -2.57. The van der Waals surface area contributed by atoms with Gasteiger partial charge in [0, 0.05) is 38.4 Å². The predicted molar refractivity (Wildman–Crippen MR) is 133 cm³/mol. The number of nitrogens with zero attached hydrogens (tertiary/aromatic N) is 3. The Hall–Kier alpha value is -3.85. The molecule has 3 aliphatic rings. The molecule has 0 saturated carbocycles. The van der Waals surface area contributed by atoms with E-state index in [4.69, 9.17) is 0 Å². The molecule has 0 aliphatic heterocycles. The van der Waals surface area contributed by atoms with Crippen molar-refractivity contribution in [2.24, 2.45) is 5.41 Å². The molecule has 1 atom stereocenters. The number of H-pyrrole nitrogens is 1. The van der Waals surface area contributed by atoms with Gasteiger partial charge in [-0.05, 0) is 24.1 Å². The summed E-state index contributed by atoms with van der Waals surface area (Å²) in [4.78, 5) is 30.8. The zero-order valence-electron chi connectivity index (χ0n) is 18.7. The summed E-state index contributed by atoms with van der Waals surface area (Å²) in [5.41, 5.74) is 1.16. The van der Waals surface area contributed by atoms with Crippen LogP contribution in [-0.4, -0.2) is 26.0 Å². The molecular formula is C26H20BrN5O3. The number of aromatic amines is 1. The third-order valence-corrected chi connectivity index (χ3v) is 8.06. The van der Waals surface area contributed by atoms with E-state index >= 15 is 0 Å². The maximum atomic E-state index is 13.8. The highest BCUT2D eigenvalue weighted by atomic mass is 79.9. The predicted octanol–water partition coefficient (Wildman–Crippen LogP) is 5.25. The number of hydrogen-bond donors (Lipinski definition) is 2. The van der Waals surface area contributed by atoms with Crippen molar-refractivity contribution in [2.45, 2.75) is 24.8 Å². The van der Waals surface area contributed by atoms with Crippen LogP contribution in [-0.2, 0) is 10.3 Å². The van der Waals surface area contributed by atoms with Gasteiger partial charge in [-0.1, -0.05) is 82.7 Å². The van der Waals surface area contributed by atoms with Gasteiger partial charge in [0.05, 0.1) is 5.41 Å². The van der Waals surface area contributed by atoms with Crippen LogP contribution in [0.2, 0.25) is 0 Å². The molecule has 7 rings (SSSR count). The van der Waals surface area contributed by atoms with E-state index in [-0.39, 0.29) is 29.1 Å². The molecule has 8 nitrogen and oxygen atoms in total. The van der Waals surface area contributed by atoms with Crippen molar-refractivity contribution in [1.29, 1.82) is 0 Å². The second kappa shape index (κ2) is 7.58. The van der Waals surface area contributed by atoms with Crippen LogP contribution in [0.15, 0.2) is 77.3 Å². The number of benzene rings is 3. The van der Waals surface area contributed by atoms with E-state index in [2.05, 4.69) is 36.4 Å². The zero-order valence-corrected chi connectivity index (χ0v) is 20.2. The van der Waals surface area contributed by atoms with Crippen LogP contribution in [0.4, 0.5) is 5.95 Å². The van der Waals surface area contributed by atoms with Gasteiger partial charge in [-0.3, -0.25) is 25.3 Å². The topological polar surface area (TPSA) is 114 Å². The molecule has 3 aliphatic carbocycles. The first kappa shape index (κ1) is 21.7. The highest BCUT2D eigenvalue weighted by molar-refractivity contribution is 9.10. The minimum atomic E-state index is -1.51. The number of anilines is 1. The zero-order chi connectivity index (χ0) is 24.4. The van der Waals surface area contributed by atoms with E-state index in [1.807, 2.05) is 72.8 Å². The van der Waals surface area contributed by atoms with Gasteiger partial charge in [-0.2, -0.15) is 4.98 Å². The smallest absolute Gasteiger partial charge is 0.273 e. The molecule has 9 heteroatoms. The second-order valence-electron chi connectivity index (χ2n) is 9.26. The fourth-order valence-electron chi connectivity index (χ4n) is 5.88. The van der Waals surface area contributed by atoms with E-state index < -0.39 is 11.0 Å². The van der Waals surface area contributed by atoms with E-state index in [9.17, 15) is 14.9 Å². The molecule has 1 heterocycles. The minimum absolute atomic E-state index is 0.0407. The van der Waals surface area contributed by atoms with Crippen molar-refractivity contribution in [2.75, 3.05) is 5.32 Å². The highest BCUT2D eigenvalue weighted by Gasteiger charge is 2.67. The van der Waals surface area contributed by atoms with E-state index in [1.165, 1.54) is 0 Å². The summed E-state index contributed by atoms with van der Waals surface area (Å²) in [5, 5.41) is 22.6. The Morgan fingerprint density at radius 2 is 1.66 bits per heavy atom. The minimum Gasteiger partial charge on any atom is -0.293 e. The number of aromatic nitrogens is 3. The lowest BCUT2D eigenvalue weighted by atomic mass is 9.49. The SMILES string of the molecule is C[C@]1(C(=O)Nc2n[nH]c(-c3ccccc3Br)n2)CC2([N+](=O)[O-])c3ccccc3C1c1ccccc12. The second-order valence-corrected chi connectivity index (χ2v) is 10.1. The Bertz CT molecular complexity index is 1470. The molecular weight excluding hydrogens is 510 g/mol. The van der Waals surface area contributed by atoms with Crippen LogP contribution in [0.25, 0.3) is 11.4 Å². The number of rotatable bonds is 4. The molecule has 1 amide bonds. The monoisotopic (exact) mass is 529 g/mol. The van der Waals surface area contributed by atoms with Crippen LogP contribution in [0.3, 0.4) is 0 Å². The molecule has 3 aromatic carbocycles. The van der Waals surface area contributed by atoms with Crippen molar-refractivity contribution in [3.05, 3.63) is 110 Å². The summed E-state index contributed by atoms with van der Waals surface area (Å²) >= 11 is 3.50. The van der Waals surface area contributed by atoms with Crippen LogP contribution >= 0.6 is 15.9 Å². The molecule has 35 heavy (non-hydrogen) atoms. The molecule has 2 N–H and O–H groups in total. The number of fused-ring (bicyclic) bond motifs is 1. The first-order chi connectivity index (χ1) is 16.9. The van der Waals surface area contributed by atoms with Gasteiger partial charge in [0.1, 0.15) is 0 Å². The van der Waals surface area contributed by atoms with Crippen LogP contribution < -0.4 is 5.32 Å². The van der Waals surface area contributed by atoms with Gasteiger partial charge in [0.25, 0.3) is 5.54 Å². The summed E-state index contributed by atoms with van der Waals surface area (Å²) in [5.74, 6) is -0.0606. The normalized spacial score (nSPS) is 23.9. The Kier molecular flexibility index (Phi) is 4.69. The van der Waals surface area contributed by atoms with E-state index in [0.717, 1.165) is 21.2 Å². The lowest BCUT2D eigenvalue weighted by Gasteiger charge is -2.52. The Morgan fingerprint density at radius 1 is 1.06 bits per heavy atom. The quantitative estimate of drug-likeness (QED) is 0.277. The van der Waals surface area contributed by atoms with Crippen LogP contribution in [0.5, 0.6) is 0 Å². The molecule has 0 unspecified atom stereocenters. The number of hydrogen-bond acceptors (Lipinski definition) is 5. The van der Waals surface area contributed by atoms with Gasteiger partial charge in [0.15, 0.2) is 5.82 Å². The molecule has 4 aromatic rings. The lowest BCUT2D eigenvalue weighted by molar-refractivity contribution is -0.573. The summed E-state index contributed by atoms with van der Waals surface area (Å²) in [7, 11) is 0. The summed E-state index contributed by atoms with van der Waals surface area (Å²) in [6.07, 6.45) is 0.0407. The summed E-state index contributed by atoms with van der Waals surface area (Å²) < 4.78 is 0.840. The van der Waals surface area contributed by atoms with E-state index in [1.54, 1.807) is 6.92 Å². The molecule has 174 valence electrons. The molecule has 0 saturated heterocycles. The first-order valence-electron chi connectivity index (χ1n) is 11.2. The maximum absolute atomic E-state index is 13.8. The number of nitrogens with one attached hydrogen (secondary N) is 2. The van der Waals surface area contributed by atoms with Crippen molar-refractivity contribution >= 4 is 27.8 Å². The fourth-order valence-corrected chi connectivity index (χ4v) is 6.35. The third kappa shape index (κ3) is 2.94. The van der Waals surface area contributed by atoms with Crippen molar-refractivity contribution in [3.8, 4) is 11.4 Å². The Balaban J connectivity index is 1.43. The largest absolute Gasteiger partial charge is 0.293 e. The average molecular weight is 530 g/mol. The molecule has 0 spiro atoms. The molecule has 0 fully saturated rings. The van der Waals surface area contributed by atoms with E-state index in [0.29, 0.717) is 17.0 Å². The summed E-state index contributed by atoms with van der Waals surface area (Å²) in [6.45, 7) is 1.80. The molecule has 2 bridgehead atoms. The fraction of sp³-hybridized carbons (Fsp3) is 0.192.